The fourth-order valence-electron chi connectivity index (χ4n) is 8.92. The monoisotopic (exact) mass is 815 g/mol. The number of nitrogens with zero attached hydrogens (tertiary/aromatic N) is 6. The van der Waals surface area contributed by atoms with Crippen LogP contribution in [0.4, 0.5) is 36.6 Å². The van der Waals surface area contributed by atoms with Gasteiger partial charge in [0.2, 0.25) is 23.7 Å². The average molecular weight is 816 g/mol. The number of imide groups is 1. The van der Waals surface area contributed by atoms with Gasteiger partial charge in [0, 0.05) is 87.7 Å². The molecule has 17 heteroatoms. The van der Waals surface area contributed by atoms with E-state index in [1.54, 1.807) is 36.4 Å². The molecule has 5 fully saturated rings. The normalized spacial score (nSPS) is 24.0. The van der Waals surface area contributed by atoms with Crippen LogP contribution < -0.4 is 25.8 Å². The van der Waals surface area contributed by atoms with E-state index in [9.17, 15) is 28.7 Å². The number of nitrogens with one attached hydrogen (secondary N) is 3. The Morgan fingerprint density at radius 1 is 0.915 bits per heavy atom. The van der Waals surface area contributed by atoms with Gasteiger partial charge >= 0.3 is 6.09 Å². The Balaban J connectivity index is 0.770. The summed E-state index contributed by atoms with van der Waals surface area (Å²) < 4.78 is 35.4. The molecule has 1 unspecified atom stereocenters. The molecule has 0 spiro atoms. The number of carbonyl (C=O) groups excluding carboxylic acids is 4. The van der Waals surface area contributed by atoms with Crippen molar-refractivity contribution in [1.82, 2.24) is 25.1 Å². The van der Waals surface area contributed by atoms with Crippen LogP contribution in [0.25, 0.3) is 11.3 Å². The third kappa shape index (κ3) is 9.41. The van der Waals surface area contributed by atoms with Crippen LogP contribution in [0.15, 0.2) is 48.7 Å². The largest absolute Gasteiger partial charge is 0.449 e. The fraction of sp³-hybridized carbons (Fsp3) is 0.524. The quantitative estimate of drug-likeness (QED) is 0.216. The highest BCUT2D eigenvalue weighted by molar-refractivity contribution is 6.01. The number of hydrogen-bond acceptors (Lipinski definition) is 12. The van der Waals surface area contributed by atoms with Gasteiger partial charge in [-0.05, 0) is 81.7 Å². The van der Waals surface area contributed by atoms with Crippen molar-refractivity contribution in [1.29, 1.82) is 0 Å². The molecule has 59 heavy (non-hydrogen) atoms. The third-order valence-electron chi connectivity index (χ3n) is 12.3. The first-order valence-corrected chi connectivity index (χ1v) is 20.7. The maximum Gasteiger partial charge on any atom is 0.414 e. The van der Waals surface area contributed by atoms with Gasteiger partial charge in [-0.1, -0.05) is 12.1 Å². The number of aliphatic hydroxyl groups is 1. The number of rotatable bonds is 10. The summed E-state index contributed by atoms with van der Waals surface area (Å²) in [6, 6.07) is 11.3. The Labute approximate surface area is 341 Å². The molecule has 314 valence electrons. The number of carbonyl (C=O) groups is 4. The molecule has 3 aromatic rings. The summed E-state index contributed by atoms with van der Waals surface area (Å²) in [5.74, 6) is -1.36. The zero-order chi connectivity index (χ0) is 41.1. The van der Waals surface area contributed by atoms with E-state index in [4.69, 9.17) is 4.74 Å². The van der Waals surface area contributed by atoms with Crippen LogP contribution in [0.1, 0.15) is 57.8 Å². The highest BCUT2D eigenvalue weighted by Gasteiger charge is 2.39. The highest BCUT2D eigenvalue weighted by Crippen LogP contribution is 2.33. The van der Waals surface area contributed by atoms with E-state index >= 15 is 4.39 Å². The van der Waals surface area contributed by atoms with Crippen LogP contribution >= 0.6 is 0 Å². The van der Waals surface area contributed by atoms with Gasteiger partial charge in [-0.2, -0.15) is 0 Å². The molecule has 1 aliphatic carbocycles. The van der Waals surface area contributed by atoms with Crippen molar-refractivity contribution in [3.05, 3.63) is 60.3 Å². The summed E-state index contributed by atoms with van der Waals surface area (Å²) in [5.41, 5.74) is 1.31. The molecular weight excluding hydrogens is 765 g/mol. The number of hydrogen-bond donors (Lipinski definition) is 4. The van der Waals surface area contributed by atoms with Gasteiger partial charge in [0.15, 0.2) is 5.82 Å². The van der Waals surface area contributed by atoms with E-state index in [1.807, 2.05) is 9.80 Å². The minimum Gasteiger partial charge on any atom is -0.449 e. The number of halogens is 2. The molecule has 5 heterocycles. The SMILES string of the molecule is O=C1CCC(Nc2ccc(N3CCN(CC4(O)CCN(C(=O)[C@H]5CC[C@H](Nc6ncc(F)c(-c7cccc(N8CCCOC8=O)c7)n6)CC5)CC4)CC3)c(F)c2)C(=O)N1. The number of aromatic nitrogens is 2. The molecule has 4 N–H and O–H groups in total. The minimum atomic E-state index is -0.913. The van der Waals surface area contributed by atoms with E-state index in [0.717, 1.165) is 19.0 Å². The Bertz CT molecular complexity index is 2050. The van der Waals surface area contributed by atoms with E-state index in [0.29, 0.717) is 126 Å². The van der Waals surface area contributed by atoms with Crippen molar-refractivity contribution in [2.24, 2.45) is 5.92 Å². The van der Waals surface area contributed by atoms with Gasteiger partial charge in [0.1, 0.15) is 17.6 Å². The second-order valence-corrected chi connectivity index (χ2v) is 16.4. The summed E-state index contributed by atoms with van der Waals surface area (Å²) in [4.78, 5) is 65.7. The van der Waals surface area contributed by atoms with E-state index < -0.39 is 35.3 Å². The minimum absolute atomic E-state index is 0.0246. The third-order valence-corrected chi connectivity index (χ3v) is 12.3. The number of likely N-dealkylation sites (tertiary alicyclic amines) is 1. The number of piperidine rings is 2. The molecule has 0 radical (unpaired) electrons. The summed E-state index contributed by atoms with van der Waals surface area (Å²) in [5, 5.41) is 20.2. The van der Waals surface area contributed by atoms with Crippen molar-refractivity contribution in [2.75, 3.05) is 79.4 Å². The summed E-state index contributed by atoms with van der Waals surface area (Å²) in [7, 11) is 0. The van der Waals surface area contributed by atoms with Crippen molar-refractivity contribution in [2.45, 2.75) is 75.5 Å². The fourth-order valence-corrected chi connectivity index (χ4v) is 8.92. The molecule has 4 aliphatic heterocycles. The van der Waals surface area contributed by atoms with Crippen molar-refractivity contribution >= 4 is 46.8 Å². The first-order chi connectivity index (χ1) is 28.5. The van der Waals surface area contributed by atoms with E-state index in [1.165, 1.54) is 11.0 Å². The molecule has 1 aromatic heterocycles. The predicted octanol–water partition coefficient (Wildman–Crippen LogP) is 4.13. The van der Waals surface area contributed by atoms with Gasteiger partial charge < -0.3 is 30.3 Å². The lowest BCUT2D eigenvalue weighted by atomic mass is 9.84. The molecule has 1 saturated carbocycles. The average Bonchev–Trinajstić information content (AvgIpc) is 3.23. The van der Waals surface area contributed by atoms with Crippen LogP contribution in [0, 0.1) is 17.6 Å². The van der Waals surface area contributed by atoms with Gasteiger partial charge in [-0.25, -0.2) is 23.5 Å². The molecule has 0 bridgehead atoms. The van der Waals surface area contributed by atoms with Crippen LogP contribution in [0.5, 0.6) is 0 Å². The van der Waals surface area contributed by atoms with Crippen molar-refractivity contribution < 1.29 is 37.8 Å². The second-order valence-electron chi connectivity index (χ2n) is 16.4. The van der Waals surface area contributed by atoms with Crippen LogP contribution in [0.2, 0.25) is 0 Å². The Hall–Kier alpha value is -5.42. The maximum absolute atomic E-state index is 15.2. The van der Waals surface area contributed by atoms with Gasteiger partial charge in [-0.15, -0.1) is 0 Å². The van der Waals surface area contributed by atoms with Crippen LogP contribution in [-0.4, -0.2) is 125 Å². The Morgan fingerprint density at radius 2 is 1.69 bits per heavy atom. The molecule has 2 aromatic carbocycles. The maximum atomic E-state index is 15.2. The number of benzene rings is 2. The molecule has 4 saturated heterocycles. The topological polar surface area (TPSA) is 173 Å². The first-order valence-electron chi connectivity index (χ1n) is 20.7. The summed E-state index contributed by atoms with van der Waals surface area (Å²) >= 11 is 0. The van der Waals surface area contributed by atoms with Crippen LogP contribution in [-0.2, 0) is 19.1 Å². The van der Waals surface area contributed by atoms with Gasteiger partial charge in [0.25, 0.3) is 0 Å². The summed E-state index contributed by atoms with van der Waals surface area (Å²) in [6.07, 6.45) is 5.86. The van der Waals surface area contributed by atoms with Crippen molar-refractivity contribution in [3.8, 4) is 11.3 Å². The number of amides is 4. The second kappa shape index (κ2) is 17.4. The zero-order valence-electron chi connectivity index (χ0n) is 33.0. The zero-order valence-corrected chi connectivity index (χ0v) is 33.0. The number of piperazine rings is 1. The van der Waals surface area contributed by atoms with Gasteiger partial charge in [-0.3, -0.25) is 29.5 Å². The predicted molar refractivity (Wildman–Crippen MR) is 216 cm³/mol. The smallest absolute Gasteiger partial charge is 0.414 e. The van der Waals surface area contributed by atoms with Crippen molar-refractivity contribution in [3.63, 3.8) is 0 Å². The van der Waals surface area contributed by atoms with Gasteiger partial charge in [0.05, 0.1) is 24.1 Å². The Morgan fingerprint density at radius 3 is 2.42 bits per heavy atom. The molecule has 15 nitrogen and oxygen atoms in total. The van der Waals surface area contributed by atoms with E-state index in [-0.39, 0.29) is 35.9 Å². The lowest BCUT2D eigenvalue weighted by Crippen LogP contribution is -2.56. The van der Waals surface area contributed by atoms with E-state index in [2.05, 4.69) is 30.8 Å². The number of ether oxygens (including phenoxy) is 1. The molecule has 4 amide bonds. The number of anilines is 4. The molecule has 1 atom stereocenters. The molecule has 8 rings (SSSR count). The lowest BCUT2D eigenvalue weighted by Gasteiger charge is -2.44. The molecule has 5 aliphatic rings. The summed E-state index contributed by atoms with van der Waals surface area (Å²) in [6.45, 7) is 4.87. The highest BCUT2D eigenvalue weighted by atomic mass is 19.1. The first kappa shape index (κ1) is 40.4. The number of cyclic esters (lactones) is 1. The standard InChI is InChI=1S/C42H51F2N9O6/c43-32-24-30(46-34-10-12-36(54)48-38(34)55)9-11-35(32)51-20-18-50(19-21-51)26-42(58)13-16-52(17-14-42)39(56)27-5-7-29(8-6-27)47-40-45-25-33(44)37(49-40)28-3-1-4-31(23-28)53-15-2-22-59-41(53)57/h1,3-4,9,11,23-25,27,29,34,46,58H,2,5-8,10,12-22,26H2,(H,45,47,49)(H,48,54,55)/t27-,29-,34?. The van der Waals surface area contributed by atoms with Crippen LogP contribution in [0.3, 0.4) is 0 Å². The Kier molecular flexibility index (Phi) is 11.9. The lowest BCUT2D eigenvalue weighted by molar-refractivity contribution is -0.141. The number of β-amino-alcohol motifs (C(OH)–C–C–N with tert-alkyl or cyclic N) is 1. The molecular formula is C42H51F2N9O6.